The van der Waals surface area contributed by atoms with E-state index in [0.717, 1.165) is 36.3 Å². The number of phenols is 1. The van der Waals surface area contributed by atoms with Crippen molar-refractivity contribution in [3.63, 3.8) is 0 Å². The fraction of sp³-hybridized carbons (Fsp3) is 0.294. The molecule has 3 nitrogen and oxygen atoms in total. The Morgan fingerprint density at radius 3 is 2.95 bits per heavy atom. The Kier molecular flexibility index (Phi) is 3.50. The molecule has 20 heavy (non-hydrogen) atoms. The zero-order valence-electron chi connectivity index (χ0n) is 11.5. The monoisotopic (exact) mass is 270 g/mol. The molecule has 0 aliphatic carbocycles. The number of aromatic hydroxyl groups is 1. The number of hydrogen-bond acceptors (Lipinski definition) is 3. The highest BCUT2D eigenvalue weighted by molar-refractivity contribution is 5.39. The van der Waals surface area contributed by atoms with Crippen molar-refractivity contribution in [1.82, 2.24) is 0 Å². The van der Waals surface area contributed by atoms with Crippen LogP contribution < -0.4 is 9.47 Å². The quantitative estimate of drug-likeness (QED) is 0.924. The van der Waals surface area contributed by atoms with Gasteiger partial charge in [0, 0.05) is 6.42 Å². The van der Waals surface area contributed by atoms with Crippen molar-refractivity contribution in [1.29, 1.82) is 0 Å². The Hall–Kier alpha value is -2.16. The molecule has 1 aliphatic heterocycles. The van der Waals surface area contributed by atoms with Gasteiger partial charge in [-0.05, 0) is 48.2 Å². The number of phenolic OH excluding ortho intramolecular Hbond substituents is 1. The van der Waals surface area contributed by atoms with Crippen molar-refractivity contribution in [2.24, 2.45) is 0 Å². The second-order valence-corrected chi connectivity index (χ2v) is 4.96. The van der Waals surface area contributed by atoms with Crippen LogP contribution >= 0.6 is 0 Å². The summed E-state index contributed by atoms with van der Waals surface area (Å²) in [4.78, 5) is 0. The van der Waals surface area contributed by atoms with Crippen LogP contribution in [0.1, 0.15) is 24.5 Å². The van der Waals surface area contributed by atoms with Gasteiger partial charge >= 0.3 is 0 Å². The van der Waals surface area contributed by atoms with E-state index >= 15 is 0 Å². The van der Waals surface area contributed by atoms with E-state index in [0.29, 0.717) is 5.75 Å². The largest absolute Gasteiger partial charge is 0.508 e. The molecule has 1 atom stereocenters. The van der Waals surface area contributed by atoms with Crippen molar-refractivity contribution < 1.29 is 14.6 Å². The van der Waals surface area contributed by atoms with E-state index in [-0.39, 0.29) is 6.29 Å². The van der Waals surface area contributed by atoms with Gasteiger partial charge in [-0.2, -0.15) is 0 Å². The number of fused-ring (bicyclic) bond motifs is 1. The first-order valence-corrected chi connectivity index (χ1v) is 6.99. The molecule has 0 saturated heterocycles. The first-order chi connectivity index (χ1) is 9.76. The van der Waals surface area contributed by atoms with Gasteiger partial charge in [-0.15, -0.1) is 0 Å². The van der Waals surface area contributed by atoms with Crippen LogP contribution in [0.2, 0.25) is 0 Å². The number of ether oxygens (including phenoxy) is 2. The summed E-state index contributed by atoms with van der Waals surface area (Å²) in [6.07, 6.45) is 2.30. The lowest BCUT2D eigenvalue weighted by Crippen LogP contribution is -2.28. The highest BCUT2D eigenvalue weighted by Crippen LogP contribution is 2.30. The number of hydrogen-bond donors (Lipinski definition) is 1. The normalized spacial score (nSPS) is 17.1. The number of rotatable bonds is 3. The summed E-state index contributed by atoms with van der Waals surface area (Å²) in [6.45, 7) is 2.01. The highest BCUT2D eigenvalue weighted by atomic mass is 16.7. The fourth-order valence-corrected chi connectivity index (χ4v) is 2.45. The molecule has 2 aromatic carbocycles. The molecule has 0 aromatic heterocycles. The Bertz CT molecular complexity index is 607. The second kappa shape index (κ2) is 5.45. The van der Waals surface area contributed by atoms with Crippen LogP contribution in [0.15, 0.2) is 42.5 Å². The Labute approximate surface area is 118 Å². The highest BCUT2D eigenvalue weighted by Gasteiger charge is 2.20. The third-order valence-electron chi connectivity index (χ3n) is 3.58. The first kappa shape index (κ1) is 12.9. The van der Waals surface area contributed by atoms with Crippen LogP contribution in [0.25, 0.3) is 0 Å². The van der Waals surface area contributed by atoms with Gasteiger partial charge in [-0.3, -0.25) is 0 Å². The van der Waals surface area contributed by atoms with Crippen molar-refractivity contribution in [3.8, 4) is 17.2 Å². The van der Waals surface area contributed by atoms with Gasteiger partial charge in [0.15, 0.2) is 0 Å². The molecule has 1 heterocycles. The van der Waals surface area contributed by atoms with Crippen molar-refractivity contribution in [2.75, 3.05) is 0 Å². The zero-order chi connectivity index (χ0) is 13.9. The van der Waals surface area contributed by atoms with Crippen molar-refractivity contribution >= 4 is 0 Å². The summed E-state index contributed by atoms with van der Waals surface area (Å²) >= 11 is 0. The van der Waals surface area contributed by atoms with E-state index in [9.17, 15) is 5.11 Å². The molecule has 1 N–H and O–H groups in total. The van der Waals surface area contributed by atoms with Crippen LogP contribution in [0.3, 0.4) is 0 Å². The Morgan fingerprint density at radius 2 is 2.10 bits per heavy atom. The average Bonchev–Trinajstić information content (AvgIpc) is 2.49. The first-order valence-electron chi connectivity index (χ1n) is 6.99. The molecule has 0 radical (unpaired) electrons. The van der Waals surface area contributed by atoms with Crippen LogP contribution in [0.4, 0.5) is 0 Å². The SMILES string of the molecule is CCc1cc(OC2CCc3ccccc3O2)ccc1O. The molecule has 0 bridgehead atoms. The molecule has 0 saturated carbocycles. The van der Waals surface area contributed by atoms with Crippen molar-refractivity contribution in [2.45, 2.75) is 32.5 Å². The fourth-order valence-electron chi connectivity index (χ4n) is 2.45. The third kappa shape index (κ3) is 2.57. The van der Waals surface area contributed by atoms with Gasteiger partial charge in [0.25, 0.3) is 0 Å². The van der Waals surface area contributed by atoms with Crippen molar-refractivity contribution in [3.05, 3.63) is 53.6 Å². The maximum absolute atomic E-state index is 9.68. The number of aryl methyl sites for hydroxylation is 2. The van der Waals surface area contributed by atoms with Gasteiger partial charge in [-0.1, -0.05) is 25.1 Å². The molecule has 0 fully saturated rings. The van der Waals surface area contributed by atoms with Crippen LogP contribution in [-0.4, -0.2) is 11.4 Å². The summed E-state index contributed by atoms with van der Waals surface area (Å²) in [7, 11) is 0. The molecule has 0 spiro atoms. The van der Waals surface area contributed by atoms with Gasteiger partial charge in [0.1, 0.15) is 17.2 Å². The molecule has 1 unspecified atom stereocenters. The lowest BCUT2D eigenvalue weighted by atomic mass is 10.1. The second-order valence-electron chi connectivity index (χ2n) is 4.96. The standard InChI is InChI=1S/C17H18O3/c1-2-12-11-14(8-9-15(12)18)19-17-10-7-13-5-3-4-6-16(13)20-17/h3-6,8-9,11,17-18H,2,7,10H2,1H3. The van der Waals surface area contributed by atoms with Crippen LogP contribution in [0.5, 0.6) is 17.2 Å². The van der Waals surface area contributed by atoms with Gasteiger partial charge in [0.2, 0.25) is 6.29 Å². The molecule has 1 aliphatic rings. The molecular weight excluding hydrogens is 252 g/mol. The molecule has 104 valence electrons. The van der Waals surface area contributed by atoms with Gasteiger partial charge in [-0.25, -0.2) is 0 Å². The Morgan fingerprint density at radius 1 is 1.25 bits per heavy atom. The zero-order valence-corrected chi connectivity index (χ0v) is 11.5. The van der Waals surface area contributed by atoms with E-state index in [1.807, 2.05) is 31.2 Å². The predicted molar refractivity (Wildman–Crippen MR) is 77.3 cm³/mol. The number of para-hydroxylation sites is 1. The average molecular weight is 270 g/mol. The van der Waals surface area contributed by atoms with Crippen LogP contribution in [0, 0.1) is 0 Å². The summed E-state index contributed by atoms with van der Waals surface area (Å²) in [6, 6.07) is 13.4. The molecular formula is C17H18O3. The maximum Gasteiger partial charge on any atom is 0.241 e. The minimum atomic E-state index is -0.265. The summed E-state index contributed by atoms with van der Waals surface area (Å²) in [5.74, 6) is 1.96. The van der Waals surface area contributed by atoms with Gasteiger partial charge < -0.3 is 14.6 Å². The van der Waals surface area contributed by atoms with Gasteiger partial charge in [0.05, 0.1) is 0 Å². The molecule has 3 rings (SSSR count). The summed E-state index contributed by atoms with van der Waals surface area (Å²) in [5.41, 5.74) is 2.12. The predicted octanol–water partition coefficient (Wildman–Crippen LogP) is 3.68. The minimum Gasteiger partial charge on any atom is -0.508 e. The summed E-state index contributed by atoms with van der Waals surface area (Å²) in [5, 5.41) is 9.68. The Balaban J connectivity index is 1.73. The molecule has 0 amide bonds. The minimum absolute atomic E-state index is 0.265. The smallest absolute Gasteiger partial charge is 0.241 e. The summed E-state index contributed by atoms with van der Waals surface area (Å²) < 4.78 is 11.7. The van der Waals surface area contributed by atoms with E-state index < -0.39 is 0 Å². The lowest BCUT2D eigenvalue weighted by molar-refractivity contribution is -0.00986. The van der Waals surface area contributed by atoms with E-state index in [4.69, 9.17) is 9.47 Å². The molecule has 2 aromatic rings. The maximum atomic E-state index is 9.68. The molecule has 3 heteroatoms. The lowest BCUT2D eigenvalue weighted by Gasteiger charge is -2.26. The topological polar surface area (TPSA) is 38.7 Å². The van der Waals surface area contributed by atoms with E-state index in [1.165, 1.54) is 5.56 Å². The van der Waals surface area contributed by atoms with E-state index in [1.54, 1.807) is 12.1 Å². The third-order valence-corrected chi connectivity index (χ3v) is 3.58. The van der Waals surface area contributed by atoms with Crippen LogP contribution in [-0.2, 0) is 12.8 Å². The van der Waals surface area contributed by atoms with E-state index in [2.05, 4.69) is 6.07 Å². The number of benzene rings is 2.